The van der Waals surface area contributed by atoms with Crippen molar-refractivity contribution in [2.75, 3.05) is 10.6 Å². The van der Waals surface area contributed by atoms with E-state index in [1.807, 2.05) is 0 Å². The molecule has 0 saturated carbocycles. The topological polar surface area (TPSA) is 0 Å². The third kappa shape index (κ3) is 7.72. The van der Waals surface area contributed by atoms with E-state index in [2.05, 4.69) is 126 Å². The molecule has 0 fully saturated rings. The van der Waals surface area contributed by atoms with Crippen LogP contribution >= 0.6 is 29.9 Å². The van der Waals surface area contributed by atoms with Crippen LogP contribution in [0.4, 0.5) is 0 Å². The fourth-order valence-corrected chi connectivity index (χ4v) is 8.80. The van der Waals surface area contributed by atoms with Gasteiger partial charge in [-0.25, -0.2) is 0 Å². The fraction of sp³-hybridized carbons (Fsp3) is 0.310. The zero-order valence-corrected chi connectivity index (χ0v) is 22.7. The first-order valence-corrected chi connectivity index (χ1v) is 15.1. The van der Waals surface area contributed by atoms with E-state index in [-0.39, 0.29) is 12.4 Å². The Kier molecular flexibility index (Phi) is 13.2. The van der Waals surface area contributed by atoms with Crippen molar-refractivity contribution in [3.8, 4) is 0 Å². The molecule has 0 aliphatic rings. The van der Waals surface area contributed by atoms with E-state index in [1.54, 1.807) is 0 Å². The minimum Gasteiger partial charge on any atom is -1.00 e. The summed E-state index contributed by atoms with van der Waals surface area (Å²) in [5.74, 6) is 0. The Morgan fingerprint density at radius 2 is 0.938 bits per heavy atom. The fourth-order valence-electron chi connectivity index (χ4n) is 4.23. The molecule has 0 nitrogen and oxygen atoms in total. The van der Waals surface area contributed by atoms with E-state index in [1.165, 1.54) is 65.3 Å². The van der Waals surface area contributed by atoms with Crippen molar-refractivity contribution in [1.29, 1.82) is 0 Å². The van der Waals surface area contributed by atoms with Crippen LogP contribution < -0.4 is 28.3 Å². The molecule has 0 spiro atoms. The maximum absolute atomic E-state index is 2.48. The van der Waals surface area contributed by atoms with Crippen LogP contribution in [-0.4, -0.2) is 10.6 Å². The number of alkyl halides is 1. The summed E-state index contributed by atoms with van der Waals surface area (Å²) in [6.07, 6.45) is 15.4. The maximum Gasteiger partial charge on any atom is 0.115 e. The summed E-state index contributed by atoms with van der Waals surface area (Å²) in [7, 11) is -1.71. The molecular formula is C29H35ClIP. The van der Waals surface area contributed by atoms with Gasteiger partial charge >= 0.3 is 0 Å². The Labute approximate surface area is 215 Å². The molecule has 0 radical (unpaired) electrons. The SMILES string of the molecule is ICCCCCCCCC=CC[P+](c1ccccc1)(c1ccccc1)c1ccccc1.[Cl-]. The first-order valence-electron chi connectivity index (χ1n) is 11.6. The lowest BCUT2D eigenvalue weighted by Crippen LogP contribution is -3.00. The van der Waals surface area contributed by atoms with Gasteiger partial charge in [0.15, 0.2) is 0 Å². The van der Waals surface area contributed by atoms with Crippen LogP contribution in [0.3, 0.4) is 0 Å². The number of halogens is 2. The van der Waals surface area contributed by atoms with E-state index in [0.29, 0.717) is 0 Å². The van der Waals surface area contributed by atoms with Gasteiger partial charge in [-0.1, -0.05) is 115 Å². The molecule has 0 saturated heterocycles. The molecular weight excluding hydrogens is 542 g/mol. The molecule has 3 rings (SSSR count). The van der Waals surface area contributed by atoms with Crippen molar-refractivity contribution in [3.63, 3.8) is 0 Å². The van der Waals surface area contributed by atoms with Crippen molar-refractivity contribution in [2.45, 2.75) is 44.9 Å². The number of allylic oxidation sites excluding steroid dienone is 2. The summed E-state index contributed by atoms with van der Waals surface area (Å²) in [6.45, 7) is 0. The van der Waals surface area contributed by atoms with Crippen molar-refractivity contribution in [1.82, 2.24) is 0 Å². The Morgan fingerprint density at radius 3 is 1.38 bits per heavy atom. The minimum atomic E-state index is -1.71. The maximum atomic E-state index is 2.48. The molecule has 3 heteroatoms. The Balaban J connectivity index is 0.00000363. The van der Waals surface area contributed by atoms with Crippen molar-refractivity contribution in [2.24, 2.45) is 0 Å². The van der Waals surface area contributed by atoms with Crippen LogP contribution in [0.2, 0.25) is 0 Å². The standard InChI is InChI=1S/C29H35IP.ClH/c30-25-17-6-4-2-1-3-5-7-18-26-31(27-19-11-8-12-20-27,28-21-13-9-14-22-28)29-23-15-10-16-24-29;/h7-16,18-24H,1-6,17,25-26H2;1H/q+1;/p-1. The van der Waals surface area contributed by atoms with Gasteiger partial charge in [-0.3, -0.25) is 0 Å². The van der Waals surface area contributed by atoms with Crippen molar-refractivity contribution in [3.05, 3.63) is 103 Å². The van der Waals surface area contributed by atoms with Gasteiger partial charge in [0, 0.05) is 0 Å². The van der Waals surface area contributed by atoms with Gasteiger partial charge in [0.1, 0.15) is 23.2 Å². The smallest absolute Gasteiger partial charge is 0.115 e. The molecule has 0 aliphatic heterocycles. The number of hydrogen-bond donors (Lipinski definition) is 0. The van der Waals surface area contributed by atoms with E-state index in [4.69, 9.17) is 0 Å². The van der Waals surface area contributed by atoms with Gasteiger partial charge in [0.05, 0.1) is 6.16 Å². The molecule has 0 bridgehead atoms. The van der Waals surface area contributed by atoms with Gasteiger partial charge in [-0.05, 0) is 60.1 Å². The molecule has 0 atom stereocenters. The highest BCUT2D eigenvalue weighted by Gasteiger charge is 2.43. The molecule has 0 aromatic heterocycles. The predicted molar refractivity (Wildman–Crippen MR) is 150 cm³/mol. The Hall–Kier alpha value is -1.15. The van der Waals surface area contributed by atoms with E-state index < -0.39 is 7.26 Å². The van der Waals surface area contributed by atoms with Crippen LogP contribution in [0, 0.1) is 0 Å². The number of benzene rings is 3. The van der Waals surface area contributed by atoms with Crippen molar-refractivity contribution < 1.29 is 12.4 Å². The predicted octanol–water partition coefficient (Wildman–Crippen LogP) is 4.71. The number of rotatable bonds is 13. The summed E-state index contributed by atoms with van der Waals surface area (Å²) < 4.78 is 1.30. The molecule has 3 aromatic rings. The number of unbranched alkanes of at least 4 members (excludes halogenated alkanes) is 6. The molecule has 3 aromatic carbocycles. The van der Waals surface area contributed by atoms with Gasteiger partial charge < -0.3 is 12.4 Å². The third-order valence-electron chi connectivity index (χ3n) is 5.89. The summed E-state index contributed by atoms with van der Waals surface area (Å²) in [6, 6.07) is 33.5. The second kappa shape index (κ2) is 15.6. The average Bonchev–Trinajstić information content (AvgIpc) is 2.84. The average molecular weight is 577 g/mol. The summed E-state index contributed by atoms with van der Waals surface area (Å²) in [5, 5.41) is 4.40. The quantitative estimate of drug-likeness (QED) is 0.0910. The van der Waals surface area contributed by atoms with Crippen LogP contribution in [0.1, 0.15) is 44.9 Å². The van der Waals surface area contributed by atoms with Gasteiger partial charge in [0.25, 0.3) is 0 Å². The minimum absolute atomic E-state index is 0. The molecule has 0 unspecified atom stereocenters. The second-order valence-corrected chi connectivity index (χ2v) is 12.7. The highest BCUT2D eigenvalue weighted by Crippen LogP contribution is 2.55. The molecule has 0 aliphatic carbocycles. The van der Waals surface area contributed by atoms with E-state index in [9.17, 15) is 0 Å². The first kappa shape index (κ1) is 27.1. The van der Waals surface area contributed by atoms with Gasteiger partial charge in [-0.15, -0.1) is 0 Å². The monoisotopic (exact) mass is 576 g/mol. The zero-order chi connectivity index (χ0) is 21.6. The van der Waals surface area contributed by atoms with Gasteiger partial charge in [0.2, 0.25) is 0 Å². The Morgan fingerprint density at radius 1 is 0.531 bits per heavy atom. The van der Waals surface area contributed by atoms with Crippen LogP contribution in [-0.2, 0) is 0 Å². The zero-order valence-electron chi connectivity index (χ0n) is 18.9. The van der Waals surface area contributed by atoms with Crippen LogP contribution in [0.5, 0.6) is 0 Å². The molecule has 170 valence electrons. The highest BCUT2D eigenvalue weighted by atomic mass is 127. The number of hydrogen-bond acceptors (Lipinski definition) is 0. The summed E-state index contributed by atoms with van der Waals surface area (Å²) in [5.41, 5.74) is 0. The normalized spacial score (nSPS) is 11.4. The molecule has 0 heterocycles. The van der Waals surface area contributed by atoms with E-state index >= 15 is 0 Å². The Bertz CT molecular complexity index is 784. The first-order chi connectivity index (χ1) is 15.4. The largest absolute Gasteiger partial charge is 1.00 e. The molecule has 32 heavy (non-hydrogen) atoms. The molecule has 0 N–H and O–H groups in total. The second-order valence-electron chi connectivity index (χ2n) is 8.07. The van der Waals surface area contributed by atoms with Crippen molar-refractivity contribution >= 4 is 45.8 Å². The lowest BCUT2D eigenvalue weighted by molar-refractivity contribution is -0.00000604. The van der Waals surface area contributed by atoms with Gasteiger partial charge in [-0.2, -0.15) is 0 Å². The van der Waals surface area contributed by atoms with Crippen LogP contribution in [0.25, 0.3) is 0 Å². The third-order valence-corrected chi connectivity index (χ3v) is 11.0. The summed E-state index contributed by atoms with van der Waals surface area (Å²) >= 11 is 2.48. The van der Waals surface area contributed by atoms with E-state index in [0.717, 1.165) is 6.16 Å². The lowest BCUT2D eigenvalue weighted by Gasteiger charge is -2.26. The highest BCUT2D eigenvalue weighted by molar-refractivity contribution is 14.1. The lowest BCUT2D eigenvalue weighted by atomic mass is 10.1. The summed E-state index contributed by atoms with van der Waals surface area (Å²) in [4.78, 5) is 0. The molecule has 0 amide bonds. The van der Waals surface area contributed by atoms with Crippen LogP contribution in [0.15, 0.2) is 103 Å².